The number of aromatic amines is 1. The molecule has 1 unspecified atom stereocenters. The zero-order valence-corrected chi connectivity index (χ0v) is 11.7. The molecular formula is C12H15N3O4S. The highest BCUT2D eigenvalue weighted by Gasteiger charge is 2.31. The van der Waals surface area contributed by atoms with Gasteiger partial charge in [-0.2, -0.15) is 4.31 Å². The summed E-state index contributed by atoms with van der Waals surface area (Å²) in [4.78, 5) is 13.7. The summed E-state index contributed by atoms with van der Waals surface area (Å²) in [5.41, 5.74) is 0.737. The van der Waals surface area contributed by atoms with E-state index >= 15 is 0 Å². The van der Waals surface area contributed by atoms with Crippen molar-refractivity contribution in [1.29, 1.82) is 0 Å². The third kappa shape index (κ3) is 2.15. The Labute approximate surface area is 115 Å². The Morgan fingerprint density at radius 1 is 1.40 bits per heavy atom. The normalized spacial score (nSPS) is 21.4. The summed E-state index contributed by atoms with van der Waals surface area (Å²) in [6.07, 6.45) is 0. The fourth-order valence-corrected chi connectivity index (χ4v) is 4.06. The Balaban J connectivity index is 2.05. The number of oxazole rings is 1. The SMILES string of the molecule is CC1CNCCN1S(=O)(=O)c1ccc2oc(=O)[nH]c2c1. The van der Waals surface area contributed by atoms with Crippen molar-refractivity contribution < 1.29 is 12.8 Å². The number of hydrogen-bond donors (Lipinski definition) is 2. The predicted molar refractivity (Wildman–Crippen MR) is 73.1 cm³/mol. The fourth-order valence-electron chi connectivity index (χ4n) is 2.41. The number of rotatable bonds is 2. The molecular weight excluding hydrogens is 282 g/mol. The van der Waals surface area contributed by atoms with Crippen LogP contribution in [-0.4, -0.2) is 43.4 Å². The van der Waals surface area contributed by atoms with Crippen LogP contribution in [-0.2, 0) is 10.0 Å². The van der Waals surface area contributed by atoms with Crippen LogP contribution in [0.25, 0.3) is 11.1 Å². The second-order valence-electron chi connectivity index (χ2n) is 4.84. The second-order valence-corrected chi connectivity index (χ2v) is 6.73. The molecule has 0 saturated carbocycles. The Bertz CT molecular complexity index is 792. The Kier molecular flexibility index (Phi) is 3.15. The van der Waals surface area contributed by atoms with E-state index < -0.39 is 15.8 Å². The molecule has 0 radical (unpaired) electrons. The minimum atomic E-state index is -3.56. The number of nitrogens with zero attached hydrogens (tertiary/aromatic N) is 1. The van der Waals surface area contributed by atoms with Crippen LogP contribution in [0.15, 0.2) is 32.3 Å². The molecule has 0 bridgehead atoms. The van der Waals surface area contributed by atoms with Crippen LogP contribution >= 0.6 is 0 Å². The van der Waals surface area contributed by atoms with Gasteiger partial charge < -0.3 is 9.73 Å². The van der Waals surface area contributed by atoms with Crippen molar-refractivity contribution in [3.63, 3.8) is 0 Å². The molecule has 0 amide bonds. The minimum absolute atomic E-state index is 0.104. The quantitative estimate of drug-likeness (QED) is 0.820. The summed E-state index contributed by atoms with van der Waals surface area (Å²) in [7, 11) is -3.56. The molecule has 7 nitrogen and oxygen atoms in total. The molecule has 0 aliphatic carbocycles. The molecule has 0 spiro atoms. The van der Waals surface area contributed by atoms with Gasteiger partial charge in [-0.1, -0.05) is 0 Å². The van der Waals surface area contributed by atoms with Crippen LogP contribution in [0.3, 0.4) is 0 Å². The van der Waals surface area contributed by atoms with Gasteiger partial charge in [0.15, 0.2) is 5.58 Å². The van der Waals surface area contributed by atoms with Gasteiger partial charge in [0.05, 0.1) is 10.4 Å². The Morgan fingerprint density at radius 3 is 2.95 bits per heavy atom. The van der Waals surface area contributed by atoms with Gasteiger partial charge in [0, 0.05) is 25.7 Å². The molecule has 1 aliphatic heterocycles. The van der Waals surface area contributed by atoms with E-state index in [-0.39, 0.29) is 10.9 Å². The average molecular weight is 297 g/mol. The van der Waals surface area contributed by atoms with Crippen molar-refractivity contribution in [1.82, 2.24) is 14.6 Å². The molecule has 3 rings (SSSR count). The van der Waals surface area contributed by atoms with Crippen molar-refractivity contribution in [2.24, 2.45) is 0 Å². The number of nitrogens with one attached hydrogen (secondary N) is 2. The van der Waals surface area contributed by atoms with E-state index in [4.69, 9.17) is 4.42 Å². The Morgan fingerprint density at radius 2 is 2.20 bits per heavy atom. The highest BCUT2D eigenvalue weighted by atomic mass is 32.2. The third-order valence-electron chi connectivity index (χ3n) is 3.44. The number of fused-ring (bicyclic) bond motifs is 1. The zero-order valence-electron chi connectivity index (χ0n) is 10.9. The molecule has 1 aromatic heterocycles. The van der Waals surface area contributed by atoms with Crippen LogP contribution < -0.4 is 11.1 Å². The molecule has 1 saturated heterocycles. The van der Waals surface area contributed by atoms with Gasteiger partial charge in [0.25, 0.3) is 0 Å². The van der Waals surface area contributed by atoms with Crippen molar-refractivity contribution in [2.75, 3.05) is 19.6 Å². The smallest absolute Gasteiger partial charge is 0.408 e. The van der Waals surface area contributed by atoms with E-state index in [2.05, 4.69) is 10.3 Å². The molecule has 1 aliphatic rings. The number of sulfonamides is 1. The molecule has 2 N–H and O–H groups in total. The number of benzene rings is 1. The molecule has 1 fully saturated rings. The third-order valence-corrected chi connectivity index (χ3v) is 5.45. The second kappa shape index (κ2) is 4.72. The van der Waals surface area contributed by atoms with Gasteiger partial charge >= 0.3 is 5.76 Å². The molecule has 1 aromatic carbocycles. The van der Waals surface area contributed by atoms with Crippen molar-refractivity contribution >= 4 is 21.1 Å². The van der Waals surface area contributed by atoms with Gasteiger partial charge in [0.2, 0.25) is 10.0 Å². The molecule has 2 heterocycles. The van der Waals surface area contributed by atoms with Gasteiger partial charge in [-0.3, -0.25) is 4.98 Å². The summed E-state index contributed by atoms with van der Waals surface area (Å²) >= 11 is 0. The lowest BCUT2D eigenvalue weighted by Crippen LogP contribution is -2.52. The molecule has 2 aromatic rings. The minimum Gasteiger partial charge on any atom is -0.408 e. The lowest BCUT2D eigenvalue weighted by atomic mass is 10.3. The van der Waals surface area contributed by atoms with Crippen LogP contribution in [0.5, 0.6) is 0 Å². The summed E-state index contributed by atoms with van der Waals surface area (Å²) in [5, 5.41) is 3.15. The van der Waals surface area contributed by atoms with Crippen LogP contribution in [0.2, 0.25) is 0 Å². The monoisotopic (exact) mass is 297 g/mol. The first-order chi connectivity index (χ1) is 9.48. The van der Waals surface area contributed by atoms with Crippen molar-refractivity contribution in [3.8, 4) is 0 Å². The lowest BCUT2D eigenvalue weighted by molar-refractivity contribution is 0.284. The summed E-state index contributed by atoms with van der Waals surface area (Å²) in [6.45, 7) is 3.56. The molecule has 108 valence electrons. The lowest BCUT2D eigenvalue weighted by Gasteiger charge is -2.32. The maximum atomic E-state index is 12.6. The first-order valence-corrected chi connectivity index (χ1v) is 7.78. The fraction of sp³-hybridized carbons (Fsp3) is 0.417. The van der Waals surface area contributed by atoms with Gasteiger partial charge in [-0.15, -0.1) is 0 Å². The van der Waals surface area contributed by atoms with E-state index in [1.165, 1.54) is 22.5 Å². The Hall–Kier alpha value is -1.64. The maximum absolute atomic E-state index is 12.6. The van der Waals surface area contributed by atoms with E-state index in [9.17, 15) is 13.2 Å². The van der Waals surface area contributed by atoms with E-state index in [0.29, 0.717) is 30.7 Å². The largest absolute Gasteiger partial charge is 0.417 e. The first kappa shape index (κ1) is 13.3. The van der Waals surface area contributed by atoms with E-state index in [1.54, 1.807) is 0 Å². The predicted octanol–water partition coefficient (Wildman–Crippen LogP) is 0.103. The van der Waals surface area contributed by atoms with Gasteiger partial charge in [0.1, 0.15) is 0 Å². The van der Waals surface area contributed by atoms with Gasteiger partial charge in [-0.05, 0) is 25.1 Å². The zero-order chi connectivity index (χ0) is 14.3. The number of piperazine rings is 1. The molecule has 1 atom stereocenters. The number of hydrogen-bond acceptors (Lipinski definition) is 5. The summed E-state index contributed by atoms with van der Waals surface area (Å²) in [5.74, 6) is -0.593. The van der Waals surface area contributed by atoms with E-state index in [0.717, 1.165) is 0 Å². The summed E-state index contributed by atoms with van der Waals surface area (Å²) < 4.78 is 31.6. The topological polar surface area (TPSA) is 95.4 Å². The van der Waals surface area contributed by atoms with Crippen LogP contribution in [0, 0.1) is 0 Å². The van der Waals surface area contributed by atoms with Gasteiger partial charge in [-0.25, -0.2) is 13.2 Å². The number of H-pyrrole nitrogens is 1. The average Bonchev–Trinajstić information content (AvgIpc) is 2.78. The molecule has 20 heavy (non-hydrogen) atoms. The van der Waals surface area contributed by atoms with Crippen molar-refractivity contribution in [2.45, 2.75) is 17.9 Å². The highest BCUT2D eigenvalue weighted by Crippen LogP contribution is 2.22. The highest BCUT2D eigenvalue weighted by molar-refractivity contribution is 7.89. The standard InChI is InChI=1S/C12H15N3O4S/c1-8-7-13-4-5-15(8)20(17,18)9-2-3-11-10(6-9)14-12(16)19-11/h2-3,6,8,13H,4-5,7H2,1H3,(H,14,16). The molecule has 8 heteroatoms. The number of aromatic nitrogens is 1. The van der Waals surface area contributed by atoms with E-state index in [1.807, 2.05) is 6.92 Å². The maximum Gasteiger partial charge on any atom is 0.417 e. The van der Waals surface area contributed by atoms with Crippen LogP contribution in [0.1, 0.15) is 6.92 Å². The van der Waals surface area contributed by atoms with Crippen molar-refractivity contribution in [3.05, 3.63) is 28.7 Å². The summed E-state index contributed by atoms with van der Waals surface area (Å²) in [6, 6.07) is 4.29. The van der Waals surface area contributed by atoms with Crippen LogP contribution in [0.4, 0.5) is 0 Å². The first-order valence-electron chi connectivity index (χ1n) is 6.34.